The summed E-state index contributed by atoms with van der Waals surface area (Å²) < 4.78 is 0. The van der Waals surface area contributed by atoms with Crippen LogP contribution < -0.4 is 0 Å². The van der Waals surface area contributed by atoms with Crippen molar-refractivity contribution in [3.8, 4) is 0 Å². The number of β-amino-alcohol motifs (C(OH)–C–C–N with tert-alkyl or cyclic N) is 1. The van der Waals surface area contributed by atoms with E-state index in [1.807, 2.05) is 18.2 Å². The van der Waals surface area contributed by atoms with Gasteiger partial charge in [0.25, 0.3) is 0 Å². The molecule has 1 atom stereocenters. The molecule has 3 nitrogen and oxygen atoms in total. The summed E-state index contributed by atoms with van der Waals surface area (Å²) in [7, 11) is 0. The van der Waals surface area contributed by atoms with E-state index < -0.39 is 6.10 Å². The first kappa shape index (κ1) is 17.5. The van der Waals surface area contributed by atoms with E-state index in [9.17, 15) is 10.2 Å². The molecule has 1 heterocycles. The second-order valence-electron chi connectivity index (χ2n) is 6.53. The van der Waals surface area contributed by atoms with Gasteiger partial charge in [0, 0.05) is 13.1 Å². The van der Waals surface area contributed by atoms with E-state index in [1.165, 1.54) is 44.1 Å². The Bertz CT molecular complexity index is 447. The van der Waals surface area contributed by atoms with Crippen LogP contribution in [0.2, 0.25) is 0 Å². The third-order valence-electron chi connectivity index (χ3n) is 4.71. The molecule has 124 valence electrons. The molecule has 3 heteroatoms. The zero-order valence-corrected chi connectivity index (χ0v) is 13.9. The molecular weight excluding hydrogens is 274 g/mol. The highest BCUT2D eigenvalue weighted by atomic mass is 16.3. The van der Waals surface area contributed by atoms with Crippen molar-refractivity contribution in [1.82, 2.24) is 4.90 Å². The van der Waals surface area contributed by atoms with E-state index in [2.05, 4.69) is 11.8 Å². The molecule has 2 rings (SSSR count). The van der Waals surface area contributed by atoms with Gasteiger partial charge in [-0.05, 0) is 36.1 Å². The molecule has 0 aliphatic carbocycles. The second-order valence-corrected chi connectivity index (χ2v) is 6.53. The van der Waals surface area contributed by atoms with Crippen molar-refractivity contribution in [2.24, 2.45) is 0 Å². The first-order valence-electron chi connectivity index (χ1n) is 8.87. The van der Waals surface area contributed by atoms with Crippen LogP contribution in [0.4, 0.5) is 0 Å². The number of aliphatic hydroxyl groups excluding tert-OH is 2. The minimum Gasteiger partial charge on any atom is -0.392 e. The Hall–Kier alpha value is -0.900. The van der Waals surface area contributed by atoms with Gasteiger partial charge < -0.3 is 15.1 Å². The Morgan fingerprint density at radius 1 is 1.14 bits per heavy atom. The fraction of sp³-hybridized carbons (Fsp3) is 0.684. The third kappa shape index (κ3) is 5.08. The zero-order chi connectivity index (χ0) is 15.8. The lowest BCUT2D eigenvalue weighted by molar-refractivity contribution is 0.119. The van der Waals surface area contributed by atoms with Gasteiger partial charge in [-0.3, -0.25) is 0 Å². The van der Waals surface area contributed by atoms with Gasteiger partial charge in [-0.2, -0.15) is 0 Å². The second kappa shape index (κ2) is 9.29. The Kier molecular flexibility index (Phi) is 7.37. The monoisotopic (exact) mass is 305 g/mol. The summed E-state index contributed by atoms with van der Waals surface area (Å²) in [6.45, 7) is 5.15. The Morgan fingerprint density at radius 3 is 2.68 bits per heavy atom. The summed E-state index contributed by atoms with van der Waals surface area (Å²) in [6, 6.07) is 5.96. The van der Waals surface area contributed by atoms with Crippen molar-refractivity contribution in [2.45, 2.75) is 64.6 Å². The number of nitrogens with zero attached hydrogens (tertiary/aromatic N) is 1. The van der Waals surface area contributed by atoms with E-state index in [-0.39, 0.29) is 6.61 Å². The number of benzene rings is 1. The molecule has 1 aliphatic heterocycles. The van der Waals surface area contributed by atoms with Crippen molar-refractivity contribution in [3.63, 3.8) is 0 Å². The van der Waals surface area contributed by atoms with Crippen LogP contribution in [0.1, 0.15) is 68.2 Å². The molecule has 0 spiro atoms. The molecule has 0 bridgehead atoms. The molecule has 0 amide bonds. The summed E-state index contributed by atoms with van der Waals surface area (Å²) in [5, 5.41) is 19.7. The average Bonchev–Trinajstić information content (AvgIpc) is 2.69. The molecule has 22 heavy (non-hydrogen) atoms. The molecular formula is C19H31NO2. The highest BCUT2D eigenvalue weighted by molar-refractivity contribution is 5.34. The van der Waals surface area contributed by atoms with Gasteiger partial charge in [-0.15, -0.1) is 0 Å². The predicted molar refractivity (Wildman–Crippen MR) is 90.8 cm³/mol. The van der Waals surface area contributed by atoms with Gasteiger partial charge in [0.2, 0.25) is 0 Å². The van der Waals surface area contributed by atoms with Crippen LogP contribution in [-0.2, 0) is 13.0 Å². The SMILES string of the molecule is CCCCCCCCN1CCc2cc(CO)ccc2C(O)C1. The van der Waals surface area contributed by atoms with E-state index in [0.29, 0.717) is 0 Å². The maximum atomic E-state index is 10.4. The summed E-state index contributed by atoms with van der Waals surface area (Å²) >= 11 is 0. The van der Waals surface area contributed by atoms with Crippen LogP contribution >= 0.6 is 0 Å². The van der Waals surface area contributed by atoms with Crippen LogP contribution in [0.5, 0.6) is 0 Å². The van der Waals surface area contributed by atoms with Crippen molar-refractivity contribution < 1.29 is 10.2 Å². The molecule has 0 saturated heterocycles. The van der Waals surface area contributed by atoms with Crippen LogP contribution in [-0.4, -0.2) is 34.7 Å². The van der Waals surface area contributed by atoms with Gasteiger partial charge in [0.05, 0.1) is 12.7 Å². The summed E-state index contributed by atoms with van der Waals surface area (Å²) in [5.74, 6) is 0. The van der Waals surface area contributed by atoms with Crippen LogP contribution in [0, 0.1) is 0 Å². The largest absolute Gasteiger partial charge is 0.392 e. The van der Waals surface area contributed by atoms with E-state index >= 15 is 0 Å². The van der Waals surface area contributed by atoms with Crippen molar-refractivity contribution in [2.75, 3.05) is 19.6 Å². The minimum absolute atomic E-state index is 0.0743. The maximum Gasteiger partial charge on any atom is 0.0919 e. The quantitative estimate of drug-likeness (QED) is 0.723. The fourth-order valence-electron chi connectivity index (χ4n) is 3.33. The highest BCUT2D eigenvalue weighted by Crippen LogP contribution is 2.25. The first-order valence-corrected chi connectivity index (χ1v) is 8.87. The van der Waals surface area contributed by atoms with E-state index in [4.69, 9.17) is 0 Å². The molecule has 1 aromatic rings. The van der Waals surface area contributed by atoms with Gasteiger partial charge in [-0.1, -0.05) is 57.2 Å². The Labute approximate surface area is 135 Å². The average molecular weight is 305 g/mol. The van der Waals surface area contributed by atoms with Crippen molar-refractivity contribution >= 4 is 0 Å². The number of aliphatic hydroxyl groups is 2. The summed E-state index contributed by atoms with van der Waals surface area (Å²) in [4.78, 5) is 2.39. The Morgan fingerprint density at radius 2 is 1.91 bits per heavy atom. The minimum atomic E-state index is -0.398. The molecule has 0 aromatic heterocycles. The van der Waals surface area contributed by atoms with Crippen LogP contribution in [0.15, 0.2) is 18.2 Å². The number of unbranched alkanes of at least 4 members (excludes halogenated alkanes) is 5. The van der Waals surface area contributed by atoms with Gasteiger partial charge in [-0.25, -0.2) is 0 Å². The lowest BCUT2D eigenvalue weighted by Crippen LogP contribution is -2.29. The van der Waals surface area contributed by atoms with E-state index in [0.717, 1.165) is 37.2 Å². The highest BCUT2D eigenvalue weighted by Gasteiger charge is 2.21. The number of hydrogen-bond acceptors (Lipinski definition) is 3. The number of fused-ring (bicyclic) bond motifs is 1. The molecule has 1 aliphatic rings. The number of hydrogen-bond donors (Lipinski definition) is 2. The molecule has 0 fully saturated rings. The first-order chi connectivity index (χ1) is 10.7. The standard InChI is InChI=1S/C19H31NO2/c1-2-3-4-5-6-7-11-20-12-10-17-13-16(15-21)8-9-18(17)19(22)14-20/h8-9,13,19,21-22H,2-7,10-12,14-15H2,1H3. The fourth-order valence-corrected chi connectivity index (χ4v) is 3.33. The van der Waals surface area contributed by atoms with E-state index in [1.54, 1.807) is 0 Å². The molecule has 1 aromatic carbocycles. The molecule has 1 unspecified atom stereocenters. The van der Waals surface area contributed by atoms with Crippen molar-refractivity contribution in [1.29, 1.82) is 0 Å². The van der Waals surface area contributed by atoms with Crippen molar-refractivity contribution in [3.05, 3.63) is 34.9 Å². The predicted octanol–water partition coefficient (Wildman–Crippen LogP) is 3.43. The van der Waals surface area contributed by atoms with Gasteiger partial charge in [0.1, 0.15) is 0 Å². The molecule has 2 N–H and O–H groups in total. The zero-order valence-electron chi connectivity index (χ0n) is 13.9. The summed E-state index contributed by atoms with van der Waals surface area (Å²) in [5.41, 5.74) is 3.18. The van der Waals surface area contributed by atoms with Crippen LogP contribution in [0.3, 0.4) is 0 Å². The van der Waals surface area contributed by atoms with Crippen LogP contribution in [0.25, 0.3) is 0 Å². The number of rotatable bonds is 8. The normalized spacial score (nSPS) is 19.0. The van der Waals surface area contributed by atoms with Gasteiger partial charge >= 0.3 is 0 Å². The topological polar surface area (TPSA) is 43.7 Å². The molecule has 0 saturated carbocycles. The maximum absolute atomic E-state index is 10.4. The van der Waals surface area contributed by atoms with Gasteiger partial charge in [0.15, 0.2) is 0 Å². The lowest BCUT2D eigenvalue weighted by Gasteiger charge is -2.21. The summed E-state index contributed by atoms with van der Waals surface area (Å²) in [6.07, 6.45) is 8.44. The lowest BCUT2D eigenvalue weighted by atomic mass is 9.99. The third-order valence-corrected chi connectivity index (χ3v) is 4.71. The smallest absolute Gasteiger partial charge is 0.0919 e. The molecule has 0 radical (unpaired) electrons. The Balaban J connectivity index is 1.81.